The Morgan fingerprint density at radius 2 is 1.87 bits per heavy atom. The summed E-state index contributed by atoms with van der Waals surface area (Å²) in [7, 11) is 0. The second kappa shape index (κ2) is 5.80. The number of benzene rings is 1. The Kier molecular flexibility index (Phi) is 4.34. The second-order valence-corrected chi connectivity index (χ2v) is 3.25. The molecule has 1 aromatic rings. The molecule has 0 atom stereocenters. The molecule has 0 bridgehead atoms. The molecule has 0 aromatic heterocycles. The minimum Gasteiger partial charge on any atom is -0.351 e. The van der Waals surface area contributed by atoms with Crippen LogP contribution in [0, 0.1) is 0 Å². The van der Waals surface area contributed by atoms with Crippen molar-refractivity contribution in [3.8, 4) is 0 Å². The SMILES string of the molecule is NC(=O)NC(=O)CCCc1ccccc1. The number of rotatable bonds is 4. The van der Waals surface area contributed by atoms with E-state index < -0.39 is 6.03 Å². The van der Waals surface area contributed by atoms with Gasteiger partial charge in [-0.1, -0.05) is 30.3 Å². The number of nitrogens with one attached hydrogen (secondary N) is 1. The van der Waals surface area contributed by atoms with Crippen molar-refractivity contribution in [1.29, 1.82) is 0 Å². The summed E-state index contributed by atoms with van der Waals surface area (Å²) in [6.45, 7) is 0. The number of aryl methyl sites for hydroxylation is 1. The van der Waals surface area contributed by atoms with E-state index >= 15 is 0 Å². The zero-order valence-corrected chi connectivity index (χ0v) is 8.40. The number of hydrogen-bond donors (Lipinski definition) is 2. The molecule has 15 heavy (non-hydrogen) atoms. The summed E-state index contributed by atoms with van der Waals surface area (Å²) in [6, 6.07) is 9.08. The lowest BCUT2D eigenvalue weighted by Crippen LogP contribution is -2.34. The third kappa shape index (κ3) is 4.81. The van der Waals surface area contributed by atoms with Gasteiger partial charge in [0.15, 0.2) is 0 Å². The molecule has 0 fully saturated rings. The molecule has 0 saturated heterocycles. The molecule has 0 heterocycles. The third-order valence-corrected chi connectivity index (χ3v) is 1.97. The lowest BCUT2D eigenvalue weighted by molar-refractivity contribution is -0.120. The molecule has 3 amide bonds. The van der Waals surface area contributed by atoms with Gasteiger partial charge >= 0.3 is 6.03 Å². The highest BCUT2D eigenvalue weighted by Gasteiger charge is 2.03. The van der Waals surface area contributed by atoms with Gasteiger partial charge in [-0.15, -0.1) is 0 Å². The predicted molar refractivity (Wildman–Crippen MR) is 57.1 cm³/mol. The van der Waals surface area contributed by atoms with Gasteiger partial charge in [0.05, 0.1) is 0 Å². The van der Waals surface area contributed by atoms with Crippen molar-refractivity contribution in [2.75, 3.05) is 0 Å². The van der Waals surface area contributed by atoms with E-state index in [2.05, 4.69) is 0 Å². The fourth-order valence-corrected chi connectivity index (χ4v) is 1.30. The number of nitrogens with two attached hydrogens (primary N) is 1. The van der Waals surface area contributed by atoms with Crippen LogP contribution in [0.5, 0.6) is 0 Å². The average Bonchev–Trinajstić information content (AvgIpc) is 2.18. The van der Waals surface area contributed by atoms with Crippen molar-refractivity contribution in [2.24, 2.45) is 5.73 Å². The van der Waals surface area contributed by atoms with Crippen LogP contribution in [-0.4, -0.2) is 11.9 Å². The fourth-order valence-electron chi connectivity index (χ4n) is 1.30. The van der Waals surface area contributed by atoms with Crippen LogP contribution in [0.15, 0.2) is 30.3 Å². The Morgan fingerprint density at radius 3 is 2.47 bits per heavy atom. The van der Waals surface area contributed by atoms with Crippen molar-refractivity contribution in [3.63, 3.8) is 0 Å². The average molecular weight is 206 g/mol. The lowest BCUT2D eigenvalue weighted by Gasteiger charge is -2.01. The molecule has 1 rings (SSSR count). The molecular weight excluding hydrogens is 192 g/mol. The van der Waals surface area contributed by atoms with Crippen molar-refractivity contribution in [3.05, 3.63) is 35.9 Å². The molecule has 4 nitrogen and oxygen atoms in total. The number of hydrogen-bond acceptors (Lipinski definition) is 2. The van der Waals surface area contributed by atoms with Gasteiger partial charge in [0.25, 0.3) is 0 Å². The highest BCUT2D eigenvalue weighted by molar-refractivity contribution is 5.93. The van der Waals surface area contributed by atoms with E-state index in [4.69, 9.17) is 5.73 Å². The quantitative estimate of drug-likeness (QED) is 0.777. The lowest BCUT2D eigenvalue weighted by atomic mass is 10.1. The number of primary amides is 1. The first-order valence-corrected chi connectivity index (χ1v) is 4.81. The van der Waals surface area contributed by atoms with Crippen LogP contribution in [0.1, 0.15) is 18.4 Å². The number of amides is 3. The summed E-state index contributed by atoms with van der Waals surface area (Å²) in [5.41, 5.74) is 5.99. The normalized spacial score (nSPS) is 9.60. The largest absolute Gasteiger partial charge is 0.351 e. The Morgan fingerprint density at radius 1 is 1.20 bits per heavy atom. The predicted octanol–water partition coefficient (Wildman–Crippen LogP) is 1.20. The zero-order chi connectivity index (χ0) is 11.1. The maximum Gasteiger partial charge on any atom is 0.318 e. The van der Waals surface area contributed by atoms with Crippen molar-refractivity contribution < 1.29 is 9.59 Å². The molecule has 0 saturated carbocycles. The van der Waals surface area contributed by atoms with E-state index in [9.17, 15) is 9.59 Å². The maximum absolute atomic E-state index is 11.0. The Labute approximate surface area is 88.5 Å². The molecule has 0 radical (unpaired) electrons. The minimum atomic E-state index is -0.792. The molecule has 0 aliphatic rings. The van der Waals surface area contributed by atoms with Gasteiger partial charge in [0, 0.05) is 6.42 Å². The van der Waals surface area contributed by atoms with Gasteiger partial charge in [-0.3, -0.25) is 10.1 Å². The molecule has 0 unspecified atom stereocenters. The molecule has 1 aromatic carbocycles. The van der Waals surface area contributed by atoms with Crippen LogP contribution in [0.4, 0.5) is 4.79 Å². The van der Waals surface area contributed by atoms with Crippen LogP contribution < -0.4 is 11.1 Å². The van der Waals surface area contributed by atoms with E-state index in [1.807, 2.05) is 35.6 Å². The van der Waals surface area contributed by atoms with E-state index in [-0.39, 0.29) is 5.91 Å². The highest BCUT2D eigenvalue weighted by Crippen LogP contribution is 2.03. The Hall–Kier alpha value is -1.84. The van der Waals surface area contributed by atoms with Gasteiger partial charge in [0.2, 0.25) is 5.91 Å². The molecule has 80 valence electrons. The minimum absolute atomic E-state index is 0.317. The molecule has 3 N–H and O–H groups in total. The van der Waals surface area contributed by atoms with Gasteiger partial charge in [-0.25, -0.2) is 4.79 Å². The summed E-state index contributed by atoms with van der Waals surface area (Å²) in [6.07, 6.45) is 1.86. The first-order valence-electron chi connectivity index (χ1n) is 4.81. The zero-order valence-electron chi connectivity index (χ0n) is 8.40. The van der Waals surface area contributed by atoms with Gasteiger partial charge in [-0.2, -0.15) is 0 Å². The third-order valence-electron chi connectivity index (χ3n) is 1.97. The van der Waals surface area contributed by atoms with Gasteiger partial charge in [0.1, 0.15) is 0 Å². The van der Waals surface area contributed by atoms with Crippen LogP contribution in [0.2, 0.25) is 0 Å². The summed E-state index contributed by atoms with van der Waals surface area (Å²) in [4.78, 5) is 21.4. The van der Waals surface area contributed by atoms with Crippen LogP contribution in [0.25, 0.3) is 0 Å². The number of carbonyl (C=O) groups is 2. The molecular formula is C11H14N2O2. The number of carbonyl (C=O) groups excluding carboxylic acids is 2. The second-order valence-electron chi connectivity index (χ2n) is 3.25. The van der Waals surface area contributed by atoms with E-state index in [0.29, 0.717) is 12.8 Å². The van der Waals surface area contributed by atoms with Crippen LogP contribution in [0.3, 0.4) is 0 Å². The van der Waals surface area contributed by atoms with Crippen LogP contribution in [-0.2, 0) is 11.2 Å². The Balaban J connectivity index is 2.22. The fraction of sp³-hybridized carbons (Fsp3) is 0.273. The monoisotopic (exact) mass is 206 g/mol. The van der Waals surface area contributed by atoms with E-state index in [1.165, 1.54) is 5.56 Å². The van der Waals surface area contributed by atoms with Gasteiger partial charge < -0.3 is 5.73 Å². The maximum atomic E-state index is 11.0. The van der Waals surface area contributed by atoms with E-state index in [0.717, 1.165) is 6.42 Å². The molecule has 0 aliphatic heterocycles. The first-order chi connectivity index (χ1) is 7.18. The topological polar surface area (TPSA) is 72.2 Å². The standard InChI is InChI=1S/C11H14N2O2/c12-11(15)13-10(14)8-4-7-9-5-2-1-3-6-9/h1-3,5-6H,4,7-8H2,(H3,12,13,14,15). The molecule has 4 heteroatoms. The van der Waals surface area contributed by atoms with Crippen molar-refractivity contribution in [2.45, 2.75) is 19.3 Å². The van der Waals surface area contributed by atoms with E-state index in [1.54, 1.807) is 0 Å². The summed E-state index contributed by atoms with van der Waals surface area (Å²) in [5, 5.41) is 2.03. The number of imide groups is 1. The van der Waals surface area contributed by atoms with Gasteiger partial charge in [-0.05, 0) is 18.4 Å². The molecule has 0 aliphatic carbocycles. The summed E-state index contributed by atoms with van der Waals surface area (Å²) < 4.78 is 0. The van der Waals surface area contributed by atoms with Crippen LogP contribution >= 0.6 is 0 Å². The molecule has 0 spiro atoms. The highest BCUT2D eigenvalue weighted by atomic mass is 16.2. The number of urea groups is 1. The first kappa shape index (κ1) is 11.2. The van der Waals surface area contributed by atoms with Crippen molar-refractivity contribution in [1.82, 2.24) is 5.32 Å². The Bertz CT molecular complexity index is 336. The summed E-state index contributed by atoms with van der Waals surface area (Å²) in [5.74, 6) is -0.321. The summed E-state index contributed by atoms with van der Waals surface area (Å²) >= 11 is 0. The smallest absolute Gasteiger partial charge is 0.318 e. The van der Waals surface area contributed by atoms with Crippen molar-refractivity contribution >= 4 is 11.9 Å².